The molecule has 24 heavy (non-hydrogen) atoms. The van der Waals surface area contributed by atoms with Crippen molar-refractivity contribution in [3.8, 4) is 0 Å². The minimum absolute atomic E-state index is 0.368. The number of nitrogens with one attached hydrogen (secondary N) is 1. The SMILES string of the molecule is Cc1ccc(C(NC(=O)N(C)c2ccccc2)C(Cl)(Cl)Cl)cc1F. The van der Waals surface area contributed by atoms with Crippen molar-refractivity contribution in [2.75, 3.05) is 11.9 Å². The highest BCUT2D eigenvalue weighted by Crippen LogP contribution is 2.40. The van der Waals surface area contributed by atoms with Crippen LogP contribution >= 0.6 is 34.8 Å². The lowest BCUT2D eigenvalue weighted by molar-refractivity contribution is 0.244. The fraction of sp³-hybridized carbons (Fsp3) is 0.235. The van der Waals surface area contributed by atoms with Gasteiger partial charge in [-0.25, -0.2) is 9.18 Å². The summed E-state index contributed by atoms with van der Waals surface area (Å²) in [4.78, 5) is 13.9. The standard InChI is InChI=1S/C17H16Cl3FN2O/c1-11-8-9-12(10-14(11)21)15(17(18,19)20)22-16(24)23(2)13-6-4-3-5-7-13/h3-10,15H,1-2H3,(H,22,24). The van der Waals surface area contributed by atoms with Crippen molar-refractivity contribution in [2.45, 2.75) is 16.8 Å². The molecule has 1 atom stereocenters. The minimum atomic E-state index is -1.84. The number of aryl methyl sites for hydroxylation is 1. The molecule has 1 N–H and O–H groups in total. The van der Waals surface area contributed by atoms with Gasteiger partial charge < -0.3 is 5.32 Å². The molecule has 2 rings (SSSR count). The van der Waals surface area contributed by atoms with Crippen LogP contribution in [-0.2, 0) is 0 Å². The summed E-state index contributed by atoms with van der Waals surface area (Å²) in [5.74, 6) is -0.433. The highest BCUT2D eigenvalue weighted by atomic mass is 35.6. The lowest BCUT2D eigenvalue weighted by Crippen LogP contribution is -2.43. The number of anilines is 1. The number of benzene rings is 2. The van der Waals surface area contributed by atoms with Crippen molar-refractivity contribution in [1.82, 2.24) is 5.32 Å². The molecule has 2 aromatic carbocycles. The van der Waals surface area contributed by atoms with Crippen LogP contribution in [0.25, 0.3) is 0 Å². The maximum absolute atomic E-state index is 13.8. The second-order valence-corrected chi connectivity index (χ2v) is 7.70. The van der Waals surface area contributed by atoms with Crippen molar-refractivity contribution in [3.63, 3.8) is 0 Å². The van der Waals surface area contributed by atoms with Gasteiger partial charge in [-0.15, -0.1) is 0 Å². The summed E-state index contributed by atoms with van der Waals surface area (Å²) in [7, 11) is 1.59. The van der Waals surface area contributed by atoms with Crippen molar-refractivity contribution in [1.29, 1.82) is 0 Å². The van der Waals surface area contributed by atoms with Crippen molar-refractivity contribution in [2.24, 2.45) is 0 Å². The van der Waals surface area contributed by atoms with Gasteiger partial charge in [0.15, 0.2) is 0 Å². The maximum atomic E-state index is 13.8. The summed E-state index contributed by atoms with van der Waals surface area (Å²) in [5, 5.41) is 2.64. The Balaban J connectivity index is 2.26. The van der Waals surface area contributed by atoms with Crippen LogP contribution in [0.2, 0.25) is 0 Å². The fourth-order valence-corrected chi connectivity index (χ4v) is 2.67. The molecule has 0 fully saturated rings. The van der Waals surface area contributed by atoms with E-state index in [4.69, 9.17) is 34.8 Å². The number of hydrogen-bond donors (Lipinski definition) is 1. The first-order valence-electron chi connectivity index (χ1n) is 7.12. The van der Waals surface area contributed by atoms with Crippen LogP contribution < -0.4 is 10.2 Å². The summed E-state index contributed by atoms with van der Waals surface area (Å²) < 4.78 is 12.0. The zero-order valence-corrected chi connectivity index (χ0v) is 15.3. The Bertz CT molecular complexity index is 720. The van der Waals surface area contributed by atoms with Crippen LogP contribution in [0.15, 0.2) is 48.5 Å². The van der Waals surface area contributed by atoms with Crippen LogP contribution in [0.3, 0.4) is 0 Å². The van der Waals surface area contributed by atoms with E-state index in [-0.39, 0.29) is 0 Å². The fourth-order valence-electron chi connectivity index (χ4n) is 2.13. The summed E-state index contributed by atoms with van der Waals surface area (Å²) in [6, 6.07) is 12.0. The van der Waals surface area contributed by atoms with E-state index in [1.54, 1.807) is 50.4 Å². The molecule has 0 bridgehead atoms. The van der Waals surface area contributed by atoms with Crippen LogP contribution in [0, 0.1) is 12.7 Å². The van der Waals surface area contributed by atoms with Crippen molar-refractivity contribution < 1.29 is 9.18 Å². The molecule has 0 radical (unpaired) electrons. The van der Waals surface area contributed by atoms with Gasteiger partial charge in [0.1, 0.15) is 11.9 Å². The smallest absolute Gasteiger partial charge is 0.322 e. The molecule has 0 saturated heterocycles. The second kappa shape index (κ2) is 7.60. The van der Waals surface area contributed by atoms with Gasteiger partial charge >= 0.3 is 6.03 Å². The van der Waals surface area contributed by atoms with E-state index in [0.29, 0.717) is 16.8 Å². The lowest BCUT2D eigenvalue weighted by Gasteiger charge is -2.28. The molecule has 128 valence electrons. The predicted octanol–water partition coefficient (Wildman–Crippen LogP) is 5.39. The summed E-state index contributed by atoms with van der Waals surface area (Å²) >= 11 is 18.0. The Kier molecular flexibility index (Phi) is 5.97. The molecule has 0 saturated carbocycles. The highest BCUT2D eigenvalue weighted by molar-refractivity contribution is 6.68. The first-order chi connectivity index (χ1) is 11.2. The average Bonchev–Trinajstić information content (AvgIpc) is 2.54. The lowest BCUT2D eigenvalue weighted by atomic mass is 10.1. The Hall–Kier alpha value is -1.49. The summed E-state index contributed by atoms with van der Waals surface area (Å²) in [5.41, 5.74) is 1.51. The van der Waals surface area contributed by atoms with E-state index < -0.39 is 21.7 Å². The highest BCUT2D eigenvalue weighted by Gasteiger charge is 2.36. The van der Waals surface area contributed by atoms with Crippen molar-refractivity contribution in [3.05, 3.63) is 65.5 Å². The topological polar surface area (TPSA) is 32.3 Å². The largest absolute Gasteiger partial charge is 0.327 e. The number of nitrogens with zero attached hydrogens (tertiary/aromatic N) is 1. The maximum Gasteiger partial charge on any atom is 0.322 e. The number of alkyl halides is 3. The number of carbonyl (C=O) groups is 1. The zero-order valence-electron chi connectivity index (χ0n) is 13.1. The van der Waals surface area contributed by atoms with E-state index in [1.165, 1.54) is 11.0 Å². The first kappa shape index (κ1) is 18.8. The van der Waals surface area contributed by atoms with Crippen LogP contribution in [0.4, 0.5) is 14.9 Å². The molecule has 2 amide bonds. The molecule has 1 unspecified atom stereocenters. The normalized spacial score (nSPS) is 12.6. The molecule has 0 aromatic heterocycles. The first-order valence-corrected chi connectivity index (χ1v) is 8.25. The Morgan fingerprint density at radius 3 is 2.33 bits per heavy atom. The van der Waals surface area contributed by atoms with Gasteiger partial charge in [0, 0.05) is 12.7 Å². The predicted molar refractivity (Wildman–Crippen MR) is 97.5 cm³/mol. The Morgan fingerprint density at radius 2 is 1.79 bits per heavy atom. The third-order valence-corrected chi connectivity index (χ3v) is 4.23. The zero-order chi connectivity index (χ0) is 17.9. The number of hydrogen-bond acceptors (Lipinski definition) is 1. The van der Waals surface area contributed by atoms with E-state index in [9.17, 15) is 9.18 Å². The third-order valence-electron chi connectivity index (χ3n) is 3.57. The molecule has 0 aliphatic carbocycles. The van der Waals surface area contributed by atoms with E-state index in [2.05, 4.69) is 5.32 Å². The van der Waals surface area contributed by atoms with Crippen LogP contribution in [0.5, 0.6) is 0 Å². The molecule has 2 aromatic rings. The van der Waals surface area contributed by atoms with Crippen LogP contribution in [0.1, 0.15) is 17.2 Å². The summed E-state index contributed by atoms with van der Waals surface area (Å²) in [6.45, 7) is 1.63. The monoisotopic (exact) mass is 388 g/mol. The van der Waals surface area contributed by atoms with Crippen molar-refractivity contribution >= 4 is 46.5 Å². The molecule has 0 aliphatic rings. The van der Waals surface area contributed by atoms with Gasteiger partial charge in [-0.2, -0.15) is 0 Å². The van der Waals surface area contributed by atoms with Gasteiger partial charge in [0.05, 0.1) is 0 Å². The number of carbonyl (C=O) groups excluding carboxylic acids is 1. The third kappa shape index (κ3) is 4.53. The molecule has 0 spiro atoms. The average molecular weight is 390 g/mol. The number of halogens is 4. The molecular weight excluding hydrogens is 374 g/mol. The quantitative estimate of drug-likeness (QED) is 0.701. The Morgan fingerprint density at radius 1 is 1.17 bits per heavy atom. The molecule has 3 nitrogen and oxygen atoms in total. The van der Waals surface area contributed by atoms with Gasteiger partial charge in [0.25, 0.3) is 0 Å². The Labute approximate surface area is 155 Å². The van der Waals surface area contributed by atoms with Gasteiger partial charge in [-0.1, -0.05) is 65.1 Å². The number of rotatable bonds is 3. The molecule has 0 aliphatic heterocycles. The summed E-state index contributed by atoms with van der Waals surface area (Å²) in [6.07, 6.45) is 0. The van der Waals surface area contributed by atoms with Crippen LogP contribution in [-0.4, -0.2) is 16.9 Å². The van der Waals surface area contributed by atoms with Gasteiger partial charge in [0.2, 0.25) is 3.79 Å². The van der Waals surface area contributed by atoms with Gasteiger partial charge in [-0.05, 0) is 36.2 Å². The minimum Gasteiger partial charge on any atom is -0.327 e. The second-order valence-electron chi connectivity index (χ2n) is 5.33. The number of para-hydroxylation sites is 1. The van der Waals surface area contributed by atoms with Gasteiger partial charge in [-0.3, -0.25) is 4.90 Å². The van der Waals surface area contributed by atoms with E-state index in [1.807, 2.05) is 6.07 Å². The molecular formula is C17H16Cl3FN2O. The van der Waals surface area contributed by atoms with E-state index in [0.717, 1.165) is 0 Å². The number of amides is 2. The van der Waals surface area contributed by atoms with E-state index >= 15 is 0 Å². The number of urea groups is 1. The molecule has 0 heterocycles. The molecule has 7 heteroatoms.